The summed E-state index contributed by atoms with van der Waals surface area (Å²) in [6.45, 7) is 4.84. The van der Waals surface area contributed by atoms with Crippen molar-refractivity contribution in [1.29, 1.82) is 0 Å². The number of rotatable bonds is 8. The van der Waals surface area contributed by atoms with Gasteiger partial charge in [0, 0.05) is 6.04 Å². The molecule has 7 nitrogen and oxygen atoms in total. The van der Waals surface area contributed by atoms with E-state index in [1.807, 2.05) is 6.92 Å². The second-order valence-electron chi connectivity index (χ2n) is 6.61. The third kappa shape index (κ3) is 5.82. The first kappa shape index (κ1) is 19.4. The molecule has 1 aliphatic carbocycles. The first-order chi connectivity index (χ1) is 11.7. The number of esters is 1. The van der Waals surface area contributed by atoms with Crippen LogP contribution < -0.4 is 10.0 Å². The van der Waals surface area contributed by atoms with Crippen molar-refractivity contribution in [2.75, 3.05) is 6.61 Å². The van der Waals surface area contributed by atoms with Gasteiger partial charge in [-0.1, -0.05) is 31.5 Å². The maximum Gasteiger partial charge on any atom is 0.324 e. The SMILES string of the molecule is Cc1ccc(S(=O)(=O)N[C@@H](C(=O)OCC(=O)NC2CC2)C(C)C)cc1. The Morgan fingerprint density at radius 3 is 2.32 bits per heavy atom. The fourth-order valence-electron chi connectivity index (χ4n) is 2.13. The summed E-state index contributed by atoms with van der Waals surface area (Å²) in [5.41, 5.74) is 0.931. The molecule has 2 N–H and O–H groups in total. The molecule has 0 radical (unpaired) electrons. The molecule has 138 valence electrons. The van der Waals surface area contributed by atoms with E-state index >= 15 is 0 Å². The van der Waals surface area contributed by atoms with Crippen molar-refractivity contribution in [3.05, 3.63) is 29.8 Å². The number of carbonyl (C=O) groups excluding carboxylic acids is 2. The highest BCUT2D eigenvalue weighted by Crippen LogP contribution is 2.18. The van der Waals surface area contributed by atoms with Crippen LogP contribution in [0, 0.1) is 12.8 Å². The molecule has 1 fully saturated rings. The quantitative estimate of drug-likeness (QED) is 0.670. The van der Waals surface area contributed by atoms with Gasteiger partial charge in [-0.2, -0.15) is 4.72 Å². The molecule has 0 spiro atoms. The largest absolute Gasteiger partial charge is 0.454 e. The van der Waals surface area contributed by atoms with E-state index in [9.17, 15) is 18.0 Å². The van der Waals surface area contributed by atoms with E-state index in [2.05, 4.69) is 10.0 Å². The number of hydrogen-bond donors (Lipinski definition) is 2. The molecule has 2 rings (SSSR count). The first-order valence-corrected chi connectivity index (χ1v) is 9.72. The van der Waals surface area contributed by atoms with E-state index in [-0.39, 0.29) is 22.8 Å². The van der Waals surface area contributed by atoms with E-state index in [0.717, 1.165) is 18.4 Å². The molecule has 1 amide bonds. The Hall–Kier alpha value is -1.93. The molecular weight excluding hydrogens is 344 g/mol. The Morgan fingerprint density at radius 1 is 1.20 bits per heavy atom. The highest BCUT2D eigenvalue weighted by Gasteiger charge is 2.30. The molecule has 0 bridgehead atoms. The van der Waals surface area contributed by atoms with Crippen molar-refractivity contribution >= 4 is 21.9 Å². The number of nitrogens with one attached hydrogen (secondary N) is 2. The summed E-state index contributed by atoms with van der Waals surface area (Å²) in [6.07, 6.45) is 1.87. The normalized spacial score (nSPS) is 15.7. The maximum absolute atomic E-state index is 12.5. The number of carbonyl (C=O) groups is 2. The number of hydrogen-bond acceptors (Lipinski definition) is 5. The van der Waals surface area contributed by atoms with Crippen LogP contribution in [-0.4, -0.2) is 39.0 Å². The highest BCUT2D eigenvalue weighted by atomic mass is 32.2. The number of aryl methyl sites for hydroxylation is 1. The molecule has 1 atom stereocenters. The van der Waals surface area contributed by atoms with Gasteiger partial charge in [0.25, 0.3) is 5.91 Å². The molecule has 1 aromatic carbocycles. The van der Waals surface area contributed by atoms with Crippen LogP contribution >= 0.6 is 0 Å². The first-order valence-electron chi connectivity index (χ1n) is 8.24. The third-order valence-electron chi connectivity index (χ3n) is 3.82. The molecule has 25 heavy (non-hydrogen) atoms. The van der Waals surface area contributed by atoms with Gasteiger partial charge in [0.05, 0.1) is 4.90 Å². The van der Waals surface area contributed by atoms with Crippen molar-refractivity contribution in [1.82, 2.24) is 10.0 Å². The van der Waals surface area contributed by atoms with Crippen molar-refractivity contribution < 1.29 is 22.7 Å². The van der Waals surface area contributed by atoms with Crippen LogP contribution in [0.5, 0.6) is 0 Å². The molecular formula is C17H24N2O5S. The molecule has 0 heterocycles. The van der Waals surface area contributed by atoms with E-state index in [4.69, 9.17) is 4.74 Å². The average Bonchev–Trinajstić information content (AvgIpc) is 3.34. The smallest absolute Gasteiger partial charge is 0.324 e. The van der Waals surface area contributed by atoms with Crippen LogP contribution in [0.15, 0.2) is 29.2 Å². The predicted molar refractivity (Wildman–Crippen MR) is 92.3 cm³/mol. The van der Waals surface area contributed by atoms with Gasteiger partial charge in [-0.3, -0.25) is 9.59 Å². The second-order valence-corrected chi connectivity index (χ2v) is 8.32. The Bertz CT molecular complexity index is 724. The number of amides is 1. The lowest BCUT2D eigenvalue weighted by atomic mass is 10.1. The zero-order valence-electron chi connectivity index (χ0n) is 14.6. The molecule has 1 aromatic rings. The van der Waals surface area contributed by atoms with Gasteiger partial charge in [0.1, 0.15) is 6.04 Å². The van der Waals surface area contributed by atoms with Gasteiger partial charge in [-0.25, -0.2) is 8.42 Å². The molecule has 1 saturated carbocycles. The van der Waals surface area contributed by atoms with Gasteiger partial charge in [0.15, 0.2) is 6.61 Å². The second kappa shape index (κ2) is 7.97. The fourth-order valence-corrected chi connectivity index (χ4v) is 3.47. The monoisotopic (exact) mass is 368 g/mol. The van der Waals surface area contributed by atoms with Gasteiger partial charge in [-0.15, -0.1) is 0 Å². The van der Waals surface area contributed by atoms with E-state index in [1.54, 1.807) is 26.0 Å². The minimum absolute atomic E-state index is 0.0722. The lowest BCUT2D eigenvalue weighted by Gasteiger charge is -2.20. The molecule has 0 unspecified atom stereocenters. The molecule has 8 heteroatoms. The topological polar surface area (TPSA) is 102 Å². The number of ether oxygens (including phenoxy) is 1. The summed E-state index contributed by atoms with van der Waals surface area (Å²) < 4.78 is 32.3. The van der Waals surface area contributed by atoms with Crippen LogP contribution in [0.3, 0.4) is 0 Å². The van der Waals surface area contributed by atoms with Crippen molar-refractivity contribution in [2.45, 2.75) is 50.6 Å². The zero-order valence-corrected chi connectivity index (χ0v) is 15.4. The standard InChI is InChI=1S/C17H24N2O5S/c1-11(2)16(17(21)24-10-15(20)18-13-6-7-13)19-25(22,23)14-8-4-12(3)5-9-14/h4-5,8-9,11,13,16,19H,6-7,10H2,1-3H3,(H,18,20)/t16-/m1/s1. The van der Waals surface area contributed by atoms with Gasteiger partial charge < -0.3 is 10.1 Å². The molecule has 0 saturated heterocycles. The number of benzene rings is 1. The summed E-state index contributed by atoms with van der Waals surface area (Å²) in [5, 5.41) is 2.70. The van der Waals surface area contributed by atoms with Gasteiger partial charge >= 0.3 is 5.97 Å². The van der Waals surface area contributed by atoms with E-state index < -0.39 is 28.6 Å². The summed E-state index contributed by atoms with van der Waals surface area (Å²) in [7, 11) is -3.87. The Kier molecular flexibility index (Phi) is 6.18. The van der Waals surface area contributed by atoms with Crippen molar-refractivity contribution in [3.8, 4) is 0 Å². The van der Waals surface area contributed by atoms with Crippen molar-refractivity contribution in [3.63, 3.8) is 0 Å². The maximum atomic E-state index is 12.5. The minimum Gasteiger partial charge on any atom is -0.454 e. The molecule has 0 aromatic heterocycles. The van der Waals surface area contributed by atoms with Gasteiger partial charge in [-0.05, 0) is 37.8 Å². The lowest BCUT2D eigenvalue weighted by Crippen LogP contribution is -2.46. The number of sulfonamides is 1. The average molecular weight is 368 g/mol. The minimum atomic E-state index is -3.87. The third-order valence-corrected chi connectivity index (χ3v) is 5.28. The predicted octanol–water partition coefficient (Wildman–Crippen LogP) is 1.12. The Balaban J connectivity index is 1.99. The van der Waals surface area contributed by atoms with Crippen LogP contribution in [0.25, 0.3) is 0 Å². The molecule has 1 aliphatic rings. The summed E-state index contributed by atoms with van der Waals surface area (Å²) in [5.74, 6) is -1.48. The summed E-state index contributed by atoms with van der Waals surface area (Å²) in [4.78, 5) is 23.9. The van der Waals surface area contributed by atoms with E-state index in [0.29, 0.717) is 0 Å². The summed E-state index contributed by atoms with van der Waals surface area (Å²) in [6, 6.07) is 5.42. The van der Waals surface area contributed by atoms with E-state index in [1.165, 1.54) is 12.1 Å². The summed E-state index contributed by atoms with van der Waals surface area (Å²) >= 11 is 0. The fraction of sp³-hybridized carbons (Fsp3) is 0.529. The van der Waals surface area contributed by atoms with Crippen molar-refractivity contribution in [2.24, 2.45) is 5.92 Å². The van der Waals surface area contributed by atoms with Crippen LogP contribution in [0.1, 0.15) is 32.3 Å². The van der Waals surface area contributed by atoms with Crippen LogP contribution in [0.2, 0.25) is 0 Å². The van der Waals surface area contributed by atoms with Gasteiger partial charge in [0.2, 0.25) is 10.0 Å². The van der Waals surface area contributed by atoms with Crippen LogP contribution in [0.4, 0.5) is 0 Å². The molecule has 0 aliphatic heterocycles. The highest BCUT2D eigenvalue weighted by molar-refractivity contribution is 7.89. The zero-order chi connectivity index (χ0) is 18.6. The van der Waals surface area contributed by atoms with Crippen LogP contribution in [-0.2, 0) is 24.3 Å². The lowest BCUT2D eigenvalue weighted by molar-refractivity contribution is -0.151. The Labute approximate surface area is 148 Å². The Morgan fingerprint density at radius 2 is 1.80 bits per heavy atom.